The average molecular weight is 324 g/mol. The lowest BCUT2D eigenvalue weighted by molar-refractivity contribution is -0.209. The van der Waals surface area contributed by atoms with Crippen molar-refractivity contribution in [3.8, 4) is 0 Å². The summed E-state index contributed by atoms with van der Waals surface area (Å²) in [6.07, 6.45) is 5.27. The van der Waals surface area contributed by atoms with Crippen LogP contribution in [0.15, 0.2) is 5.38 Å². The summed E-state index contributed by atoms with van der Waals surface area (Å²) in [5.74, 6) is 0. The van der Waals surface area contributed by atoms with Gasteiger partial charge in [0, 0.05) is 30.4 Å². The summed E-state index contributed by atoms with van der Waals surface area (Å²) < 4.78 is 5.84. The summed E-state index contributed by atoms with van der Waals surface area (Å²) >= 11 is 1.79. The number of aromatic nitrogens is 1. The first-order valence-corrected chi connectivity index (χ1v) is 9.51. The molecule has 1 saturated carbocycles. The molecule has 2 unspecified atom stereocenters. The Balaban J connectivity index is 1.53. The number of nitrogens with zero attached hydrogens (tertiary/aromatic N) is 2. The van der Waals surface area contributed by atoms with Crippen LogP contribution in [0.25, 0.3) is 0 Å². The van der Waals surface area contributed by atoms with Gasteiger partial charge in [-0.05, 0) is 45.7 Å². The zero-order valence-electron chi connectivity index (χ0n) is 13.8. The molecule has 4 nitrogen and oxygen atoms in total. The van der Waals surface area contributed by atoms with Gasteiger partial charge in [-0.3, -0.25) is 4.90 Å². The van der Waals surface area contributed by atoms with E-state index in [-0.39, 0.29) is 17.6 Å². The molecular weight excluding hydrogens is 296 g/mol. The van der Waals surface area contributed by atoms with Gasteiger partial charge in [-0.15, -0.1) is 11.3 Å². The zero-order valence-corrected chi connectivity index (χ0v) is 14.6. The van der Waals surface area contributed by atoms with Crippen LogP contribution < -0.4 is 0 Å². The third kappa shape index (κ3) is 3.09. The number of aryl methyl sites for hydroxylation is 1. The van der Waals surface area contributed by atoms with E-state index in [9.17, 15) is 5.11 Å². The number of hydrogen-bond donors (Lipinski definition) is 1. The molecule has 1 aliphatic carbocycles. The number of rotatable bonds is 6. The molecule has 2 atom stereocenters. The molecule has 0 bridgehead atoms. The predicted molar refractivity (Wildman–Crippen MR) is 89.1 cm³/mol. The van der Waals surface area contributed by atoms with Crippen LogP contribution in [0, 0.1) is 5.41 Å². The topological polar surface area (TPSA) is 45.6 Å². The number of aliphatic hydroxyl groups excluding tert-OH is 1. The summed E-state index contributed by atoms with van der Waals surface area (Å²) in [6, 6.07) is 0. The maximum absolute atomic E-state index is 10.2. The van der Waals surface area contributed by atoms with Crippen molar-refractivity contribution in [2.75, 3.05) is 19.7 Å². The van der Waals surface area contributed by atoms with E-state index in [0.717, 1.165) is 58.3 Å². The molecule has 0 radical (unpaired) electrons. The minimum atomic E-state index is -0.165. The molecule has 5 heteroatoms. The Hall–Kier alpha value is -0.490. The van der Waals surface area contributed by atoms with Gasteiger partial charge in [-0.2, -0.15) is 0 Å². The molecule has 0 amide bonds. The second kappa shape index (κ2) is 6.95. The minimum absolute atomic E-state index is 0.0297. The van der Waals surface area contributed by atoms with Crippen molar-refractivity contribution < 1.29 is 9.84 Å². The Morgan fingerprint density at radius 3 is 2.82 bits per heavy atom. The van der Waals surface area contributed by atoms with Gasteiger partial charge in [0.1, 0.15) is 0 Å². The average Bonchev–Trinajstić information content (AvgIpc) is 2.95. The SMILES string of the molecule is CCCc1nc(CN2CCC3(CC2)C(O)CC3OCC)cs1. The minimum Gasteiger partial charge on any atom is -0.392 e. The highest BCUT2D eigenvalue weighted by Crippen LogP contribution is 2.51. The maximum atomic E-state index is 10.2. The van der Waals surface area contributed by atoms with Crippen LogP contribution in [-0.4, -0.2) is 46.9 Å². The van der Waals surface area contributed by atoms with Crippen molar-refractivity contribution in [2.24, 2.45) is 5.41 Å². The van der Waals surface area contributed by atoms with E-state index >= 15 is 0 Å². The van der Waals surface area contributed by atoms with Crippen molar-refractivity contribution in [1.29, 1.82) is 0 Å². The molecular formula is C17H28N2O2S. The van der Waals surface area contributed by atoms with Crippen LogP contribution in [0.5, 0.6) is 0 Å². The van der Waals surface area contributed by atoms with Crippen molar-refractivity contribution in [2.45, 2.75) is 64.7 Å². The largest absolute Gasteiger partial charge is 0.392 e. The van der Waals surface area contributed by atoms with E-state index in [1.807, 2.05) is 6.92 Å². The Morgan fingerprint density at radius 2 is 2.18 bits per heavy atom. The normalized spacial score (nSPS) is 28.0. The van der Waals surface area contributed by atoms with Gasteiger partial charge in [0.05, 0.1) is 22.9 Å². The summed E-state index contributed by atoms with van der Waals surface area (Å²) in [5.41, 5.74) is 1.24. The molecule has 1 saturated heterocycles. The Bertz CT molecular complexity index is 481. The highest BCUT2D eigenvalue weighted by atomic mass is 32.1. The number of aliphatic hydroxyl groups is 1. The van der Waals surface area contributed by atoms with E-state index in [1.54, 1.807) is 11.3 Å². The van der Waals surface area contributed by atoms with Gasteiger partial charge < -0.3 is 9.84 Å². The molecule has 1 aliphatic heterocycles. The molecule has 1 aromatic rings. The van der Waals surface area contributed by atoms with Gasteiger partial charge >= 0.3 is 0 Å². The predicted octanol–water partition coefficient (Wildman–Crippen LogP) is 2.85. The van der Waals surface area contributed by atoms with Crippen molar-refractivity contribution in [1.82, 2.24) is 9.88 Å². The highest BCUT2D eigenvalue weighted by Gasteiger charge is 2.55. The van der Waals surface area contributed by atoms with Gasteiger partial charge in [0.25, 0.3) is 0 Å². The van der Waals surface area contributed by atoms with Crippen molar-refractivity contribution in [3.05, 3.63) is 16.1 Å². The van der Waals surface area contributed by atoms with Gasteiger partial charge in [-0.25, -0.2) is 4.98 Å². The second-order valence-electron chi connectivity index (χ2n) is 6.69. The molecule has 22 heavy (non-hydrogen) atoms. The monoisotopic (exact) mass is 324 g/mol. The van der Waals surface area contributed by atoms with E-state index in [4.69, 9.17) is 9.72 Å². The Kier molecular flexibility index (Phi) is 5.17. The number of piperidine rings is 1. The summed E-state index contributed by atoms with van der Waals surface area (Å²) in [4.78, 5) is 7.20. The third-order valence-corrected chi connectivity index (χ3v) is 6.30. The fraction of sp³-hybridized carbons (Fsp3) is 0.824. The molecule has 2 heterocycles. The molecule has 1 aromatic heterocycles. The van der Waals surface area contributed by atoms with E-state index in [0.29, 0.717) is 0 Å². The Morgan fingerprint density at radius 1 is 1.41 bits per heavy atom. The molecule has 124 valence electrons. The Labute approximate surface area is 137 Å². The number of thiazole rings is 1. The first-order valence-electron chi connectivity index (χ1n) is 8.63. The first-order chi connectivity index (χ1) is 10.7. The van der Waals surface area contributed by atoms with E-state index in [1.165, 1.54) is 10.7 Å². The number of hydrogen-bond acceptors (Lipinski definition) is 5. The molecule has 2 fully saturated rings. The fourth-order valence-electron chi connectivity index (χ4n) is 3.92. The molecule has 2 aliphatic rings. The molecule has 1 N–H and O–H groups in total. The quantitative estimate of drug-likeness (QED) is 0.874. The van der Waals surface area contributed by atoms with Crippen LogP contribution in [0.1, 0.15) is 50.2 Å². The zero-order chi connectivity index (χ0) is 15.6. The van der Waals surface area contributed by atoms with Crippen LogP contribution >= 0.6 is 11.3 Å². The van der Waals surface area contributed by atoms with Crippen LogP contribution in [0.3, 0.4) is 0 Å². The molecule has 0 aromatic carbocycles. The van der Waals surface area contributed by atoms with Crippen LogP contribution in [0.4, 0.5) is 0 Å². The number of likely N-dealkylation sites (tertiary alicyclic amines) is 1. The summed E-state index contributed by atoms with van der Waals surface area (Å²) in [5, 5.41) is 13.7. The standard InChI is InChI=1S/C17H28N2O2S/c1-3-5-16-18-13(12-22-16)11-19-8-6-17(7-9-19)14(20)10-15(17)21-4-2/h12,14-15,20H,3-11H2,1-2H3. The van der Waals surface area contributed by atoms with Gasteiger partial charge in [0.15, 0.2) is 0 Å². The molecule has 1 spiro atoms. The highest BCUT2D eigenvalue weighted by molar-refractivity contribution is 7.09. The second-order valence-corrected chi connectivity index (χ2v) is 7.63. The smallest absolute Gasteiger partial charge is 0.0928 e. The summed E-state index contributed by atoms with van der Waals surface area (Å²) in [7, 11) is 0. The summed E-state index contributed by atoms with van der Waals surface area (Å²) in [6.45, 7) is 8.03. The lowest BCUT2D eigenvalue weighted by Crippen LogP contribution is -2.62. The first kappa shape index (κ1) is 16.4. The fourth-order valence-corrected chi connectivity index (χ4v) is 4.81. The number of ether oxygens (including phenoxy) is 1. The third-order valence-electron chi connectivity index (χ3n) is 5.35. The van der Waals surface area contributed by atoms with Crippen molar-refractivity contribution in [3.63, 3.8) is 0 Å². The van der Waals surface area contributed by atoms with Gasteiger partial charge in [0.2, 0.25) is 0 Å². The van der Waals surface area contributed by atoms with E-state index in [2.05, 4.69) is 17.2 Å². The van der Waals surface area contributed by atoms with Crippen molar-refractivity contribution >= 4 is 11.3 Å². The lowest BCUT2D eigenvalue weighted by Gasteiger charge is -2.56. The van der Waals surface area contributed by atoms with E-state index < -0.39 is 0 Å². The molecule has 3 rings (SSSR count). The van der Waals surface area contributed by atoms with Crippen LogP contribution in [0.2, 0.25) is 0 Å². The maximum Gasteiger partial charge on any atom is 0.0928 e. The van der Waals surface area contributed by atoms with Gasteiger partial charge in [-0.1, -0.05) is 6.92 Å². The lowest BCUT2D eigenvalue weighted by atomic mass is 9.58. The van der Waals surface area contributed by atoms with Crippen LogP contribution in [-0.2, 0) is 17.7 Å².